The predicted molar refractivity (Wildman–Crippen MR) is 128 cm³/mol. The molecule has 2 aromatic rings. The van der Waals surface area contributed by atoms with Crippen LogP contribution >= 0.6 is 0 Å². The monoisotopic (exact) mass is 484 g/mol. The highest BCUT2D eigenvalue weighted by Gasteiger charge is 2.27. The van der Waals surface area contributed by atoms with Crippen LogP contribution in [0.5, 0.6) is 0 Å². The van der Waals surface area contributed by atoms with E-state index in [1.165, 1.54) is 18.2 Å². The summed E-state index contributed by atoms with van der Waals surface area (Å²) in [6.45, 7) is 3.34. The second-order valence-corrected chi connectivity index (χ2v) is 9.17. The molecule has 4 rings (SSSR count). The molecule has 0 bridgehead atoms. The van der Waals surface area contributed by atoms with Crippen LogP contribution in [0.1, 0.15) is 58.6 Å². The number of hydrogen-bond acceptors (Lipinski definition) is 5. The number of H-pyrrole nitrogens is 1. The van der Waals surface area contributed by atoms with E-state index in [-0.39, 0.29) is 42.8 Å². The number of aliphatic hydroxyl groups excluding tert-OH is 2. The number of hydrogen-bond donors (Lipinski definition) is 6. The minimum absolute atomic E-state index is 0.0497. The lowest BCUT2D eigenvalue weighted by Crippen LogP contribution is -2.36. The van der Waals surface area contributed by atoms with Gasteiger partial charge in [-0.25, -0.2) is 4.39 Å². The van der Waals surface area contributed by atoms with Crippen molar-refractivity contribution in [2.45, 2.75) is 57.8 Å². The summed E-state index contributed by atoms with van der Waals surface area (Å²) >= 11 is 0. The molecular weight excluding hydrogens is 455 g/mol. The van der Waals surface area contributed by atoms with Crippen molar-refractivity contribution in [3.63, 3.8) is 0 Å². The van der Waals surface area contributed by atoms with Crippen molar-refractivity contribution in [3.05, 3.63) is 52.1 Å². The van der Waals surface area contributed by atoms with Crippen molar-refractivity contribution < 1.29 is 29.0 Å². The lowest BCUT2D eigenvalue weighted by Gasteiger charge is -2.16. The molecule has 0 unspecified atom stereocenters. The first-order valence-electron chi connectivity index (χ1n) is 11.6. The Hall–Kier alpha value is -3.50. The molecule has 1 fully saturated rings. The van der Waals surface area contributed by atoms with E-state index in [0.717, 1.165) is 12.8 Å². The third-order valence-corrected chi connectivity index (χ3v) is 6.16. The van der Waals surface area contributed by atoms with Crippen molar-refractivity contribution in [2.75, 3.05) is 11.9 Å². The first kappa shape index (κ1) is 24.6. The molecule has 1 aliphatic heterocycles. The van der Waals surface area contributed by atoms with Gasteiger partial charge >= 0.3 is 0 Å². The number of amides is 3. The third kappa shape index (κ3) is 5.77. The molecule has 186 valence electrons. The summed E-state index contributed by atoms with van der Waals surface area (Å²) in [6.07, 6.45) is 1.29. The fourth-order valence-electron chi connectivity index (χ4n) is 4.21. The number of aryl methyl sites for hydroxylation is 1. The van der Waals surface area contributed by atoms with E-state index in [4.69, 9.17) is 0 Å². The number of halogens is 1. The zero-order chi connectivity index (χ0) is 25.3. The summed E-state index contributed by atoms with van der Waals surface area (Å²) in [5.41, 5.74) is 3.31. The van der Waals surface area contributed by atoms with E-state index in [1.54, 1.807) is 19.9 Å². The van der Waals surface area contributed by atoms with Crippen molar-refractivity contribution in [1.82, 2.24) is 15.6 Å². The van der Waals surface area contributed by atoms with E-state index in [9.17, 15) is 29.0 Å². The highest BCUT2D eigenvalue weighted by atomic mass is 19.1. The molecule has 1 aliphatic carbocycles. The Morgan fingerprint density at radius 2 is 1.97 bits per heavy atom. The van der Waals surface area contributed by atoms with E-state index in [1.807, 2.05) is 0 Å². The number of anilines is 1. The Bertz CT molecular complexity index is 1200. The van der Waals surface area contributed by atoms with E-state index >= 15 is 0 Å². The molecule has 9 nitrogen and oxygen atoms in total. The van der Waals surface area contributed by atoms with Crippen LogP contribution in [0.25, 0.3) is 11.6 Å². The molecule has 2 heterocycles. The van der Waals surface area contributed by atoms with Crippen molar-refractivity contribution in [3.8, 4) is 0 Å². The molecule has 1 aromatic heterocycles. The SMILES string of the molecule is Cc1[nH]c(C=C2C(=O)Nc3ccc(F)cc32)c(C)c1C(=O)NC[C@@H](O)C[C@@H](O)CC(=O)NC1CC1. The maximum Gasteiger partial charge on any atom is 0.256 e. The maximum absolute atomic E-state index is 13.7. The Morgan fingerprint density at radius 1 is 1.23 bits per heavy atom. The van der Waals surface area contributed by atoms with Crippen LogP contribution in [0.4, 0.5) is 10.1 Å². The minimum Gasteiger partial charge on any atom is -0.392 e. The molecule has 1 aromatic carbocycles. The number of carbonyl (C=O) groups excluding carboxylic acids is 3. The second kappa shape index (κ2) is 10.0. The Balaban J connectivity index is 1.38. The summed E-state index contributed by atoms with van der Waals surface area (Å²) in [6, 6.07) is 4.25. The predicted octanol–water partition coefficient (Wildman–Crippen LogP) is 1.77. The highest BCUT2D eigenvalue weighted by molar-refractivity contribution is 6.34. The summed E-state index contributed by atoms with van der Waals surface area (Å²) < 4.78 is 13.7. The third-order valence-electron chi connectivity index (χ3n) is 6.16. The molecule has 0 spiro atoms. The van der Waals surface area contributed by atoms with Gasteiger partial charge in [-0.3, -0.25) is 14.4 Å². The average molecular weight is 485 g/mol. The molecule has 0 saturated heterocycles. The normalized spacial score (nSPS) is 17.6. The van der Waals surface area contributed by atoms with Gasteiger partial charge < -0.3 is 31.1 Å². The van der Waals surface area contributed by atoms with Gasteiger partial charge in [-0.15, -0.1) is 0 Å². The van der Waals surface area contributed by atoms with Gasteiger partial charge in [0, 0.05) is 41.6 Å². The van der Waals surface area contributed by atoms with Crippen LogP contribution in [-0.4, -0.2) is 57.7 Å². The van der Waals surface area contributed by atoms with Gasteiger partial charge in [0.25, 0.3) is 11.8 Å². The van der Waals surface area contributed by atoms with Crippen LogP contribution in [0.3, 0.4) is 0 Å². The molecule has 1 saturated carbocycles. The van der Waals surface area contributed by atoms with Gasteiger partial charge in [0.15, 0.2) is 0 Å². The Labute approximate surface area is 201 Å². The molecule has 2 atom stereocenters. The number of nitrogens with one attached hydrogen (secondary N) is 4. The average Bonchev–Trinajstić information content (AvgIpc) is 3.47. The first-order valence-corrected chi connectivity index (χ1v) is 11.6. The van der Waals surface area contributed by atoms with Crippen molar-refractivity contribution in [1.29, 1.82) is 0 Å². The molecule has 10 heteroatoms. The number of rotatable bonds is 9. The number of benzene rings is 1. The standard InChI is InChI=1S/C25H29FN4O5/c1-12-21(10-19-18-7-14(26)3-6-20(18)30-24(19)34)28-13(2)23(12)25(35)27-11-17(32)8-16(31)9-22(33)29-15-4-5-15/h3,6-7,10,15-17,28,31-32H,4-5,8-9,11H2,1-2H3,(H,27,35)(H,29,33)(H,30,34)/t16-,17+/m1/s1. The van der Waals surface area contributed by atoms with Crippen molar-refractivity contribution in [2.24, 2.45) is 0 Å². The molecule has 2 aliphatic rings. The van der Waals surface area contributed by atoms with E-state index in [2.05, 4.69) is 20.9 Å². The largest absolute Gasteiger partial charge is 0.392 e. The summed E-state index contributed by atoms with van der Waals surface area (Å²) in [4.78, 5) is 40.1. The Morgan fingerprint density at radius 3 is 2.69 bits per heavy atom. The van der Waals surface area contributed by atoms with Crippen LogP contribution in [0.15, 0.2) is 18.2 Å². The van der Waals surface area contributed by atoms with Crippen LogP contribution < -0.4 is 16.0 Å². The zero-order valence-corrected chi connectivity index (χ0v) is 19.6. The fraction of sp³-hybridized carbons (Fsp3) is 0.400. The fourth-order valence-corrected chi connectivity index (χ4v) is 4.21. The highest BCUT2D eigenvalue weighted by Crippen LogP contribution is 2.34. The van der Waals surface area contributed by atoms with Gasteiger partial charge in [0.2, 0.25) is 5.91 Å². The van der Waals surface area contributed by atoms with Gasteiger partial charge in [-0.1, -0.05) is 0 Å². The second-order valence-electron chi connectivity index (χ2n) is 9.17. The number of aliphatic hydroxyl groups is 2. The van der Waals surface area contributed by atoms with Crippen LogP contribution in [0.2, 0.25) is 0 Å². The van der Waals surface area contributed by atoms with Crippen LogP contribution in [0, 0.1) is 19.7 Å². The smallest absolute Gasteiger partial charge is 0.256 e. The van der Waals surface area contributed by atoms with E-state index < -0.39 is 23.9 Å². The summed E-state index contributed by atoms with van der Waals surface area (Å²) in [5.74, 6) is -1.51. The minimum atomic E-state index is -1.03. The molecular formula is C25H29FN4O5. The van der Waals surface area contributed by atoms with Gasteiger partial charge in [-0.2, -0.15) is 0 Å². The lowest BCUT2D eigenvalue weighted by atomic mass is 10.0. The molecule has 35 heavy (non-hydrogen) atoms. The van der Waals surface area contributed by atoms with Crippen molar-refractivity contribution >= 4 is 35.1 Å². The number of carbonyl (C=O) groups is 3. The topological polar surface area (TPSA) is 144 Å². The number of aromatic amines is 1. The molecule has 6 N–H and O–H groups in total. The van der Waals surface area contributed by atoms with Gasteiger partial charge in [0.05, 0.1) is 29.8 Å². The zero-order valence-electron chi connectivity index (χ0n) is 19.6. The number of aromatic nitrogens is 1. The van der Waals surface area contributed by atoms with Crippen LogP contribution in [-0.2, 0) is 9.59 Å². The maximum atomic E-state index is 13.7. The molecule has 0 radical (unpaired) electrons. The number of fused-ring (bicyclic) bond motifs is 1. The van der Waals surface area contributed by atoms with E-state index in [0.29, 0.717) is 33.8 Å². The summed E-state index contributed by atoms with van der Waals surface area (Å²) in [5, 5.41) is 28.4. The quantitative estimate of drug-likeness (QED) is 0.301. The Kier molecular flexibility index (Phi) is 7.04. The molecule has 3 amide bonds. The lowest BCUT2D eigenvalue weighted by molar-refractivity contribution is -0.123. The summed E-state index contributed by atoms with van der Waals surface area (Å²) in [7, 11) is 0. The van der Waals surface area contributed by atoms with Gasteiger partial charge in [0.1, 0.15) is 5.82 Å². The first-order chi connectivity index (χ1) is 16.6. The van der Waals surface area contributed by atoms with Gasteiger partial charge in [-0.05, 0) is 56.5 Å².